The van der Waals surface area contributed by atoms with Gasteiger partial charge in [0.15, 0.2) is 5.78 Å². The van der Waals surface area contributed by atoms with Gasteiger partial charge in [-0.05, 0) is 47.3 Å². The Morgan fingerprint density at radius 3 is 1.87 bits per heavy atom. The van der Waals surface area contributed by atoms with E-state index in [-0.39, 0.29) is 11.2 Å². The topological polar surface area (TPSA) is 17.1 Å². The van der Waals surface area contributed by atoms with Crippen molar-refractivity contribution in [1.29, 1.82) is 0 Å². The Labute approximate surface area is 89.9 Å². The second-order valence-corrected chi connectivity index (χ2v) is 5.26. The van der Waals surface area contributed by atoms with Crippen LogP contribution >= 0.6 is 0 Å². The molecule has 0 radical (unpaired) electrons. The molecule has 1 nitrogen and oxygen atoms in total. The highest BCUT2D eigenvalue weighted by Gasteiger charge is 2.30. The Morgan fingerprint density at radius 1 is 0.933 bits per heavy atom. The first-order chi connectivity index (χ1) is 7.03. The van der Waals surface area contributed by atoms with E-state index in [0.29, 0.717) is 0 Å². The van der Waals surface area contributed by atoms with Crippen molar-refractivity contribution >= 4 is 5.78 Å². The van der Waals surface area contributed by atoms with Crippen LogP contribution in [0.4, 0.5) is 0 Å². The van der Waals surface area contributed by atoms with Crippen molar-refractivity contribution < 1.29 is 4.79 Å². The molecule has 0 aromatic heterocycles. The lowest BCUT2D eigenvalue weighted by atomic mass is 9.85. The molecule has 0 heterocycles. The van der Waals surface area contributed by atoms with Gasteiger partial charge in [-0.3, -0.25) is 4.79 Å². The second-order valence-electron chi connectivity index (χ2n) is 5.26. The van der Waals surface area contributed by atoms with Crippen molar-refractivity contribution in [3.63, 3.8) is 0 Å². The van der Waals surface area contributed by atoms with Crippen LogP contribution in [-0.2, 0) is 4.79 Å². The van der Waals surface area contributed by atoms with Crippen molar-refractivity contribution in [2.45, 2.75) is 26.7 Å². The van der Waals surface area contributed by atoms with Gasteiger partial charge in [0.1, 0.15) is 0 Å². The Morgan fingerprint density at radius 2 is 1.40 bits per heavy atom. The van der Waals surface area contributed by atoms with Gasteiger partial charge in [-0.2, -0.15) is 0 Å². The fourth-order valence-corrected chi connectivity index (χ4v) is 2.76. The number of fused-ring (bicyclic) bond motifs is 2. The van der Waals surface area contributed by atoms with E-state index in [1.165, 1.54) is 22.3 Å². The van der Waals surface area contributed by atoms with E-state index in [0.717, 1.165) is 12.8 Å². The third-order valence-corrected chi connectivity index (χ3v) is 3.31. The molecular weight excluding hydrogens is 184 g/mol. The van der Waals surface area contributed by atoms with Crippen LogP contribution < -0.4 is 0 Å². The molecule has 3 aliphatic rings. The largest absolute Gasteiger partial charge is 0.290 e. The van der Waals surface area contributed by atoms with E-state index in [1.54, 1.807) is 12.2 Å². The zero-order valence-electron chi connectivity index (χ0n) is 9.13. The van der Waals surface area contributed by atoms with Crippen LogP contribution in [0.25, 0.3) is 0 Å². The quantitative estimate of drug-likeness (QED) is 0.584. The van der Waals surface area contributed by atoms with Gasteiger partial charge in [0.25, 0.3) is 0 Å². The molecule has 3 aliphatic carbocycles. The third-order valence-electron chi connectivity index (χ3n) is 3.31. The van der Waals surface area contributed by atoms with Crippen LogP contribution in [0.3, 0.4) is 0 Å². The lowest BCUT2D eigenvalue weighted by Gasteiger charge is -2.19. The molecule has 0 spiro atoms. The summed E-state index contributed by atoms with van der Waals surface area (Å²) < 4.78 is 0. The van der Waals surface area contributed by atoms with Gasteiger partial charge in [-0.15, -0.1) is 0 Å². The van der Waals surface area contributed by atoms with Crippen molar-refractivity contribution in [3.05, 3.63) is 46.6 Å². The fraction of sp³-hybridized carbons (Fsp3) is 0.357. The first-order valence-electron chi connectivity index (χ1n) is 5.43. The van der Waals surface area contributed by atoms with E-state index >= 15 is 0 Å². The zero-order chi connectivity index (χ0) is 10.6. The molecule has 0 unspecified atom stereocenters. The minimum atomic E-state index is 0.167. The summed E-state index contributed by atoms with van der Waals surface area (Å²) in [6.07, 6.45) is 10.2. The monoisotopic (exact) mass is 198 g/mol. The lowest BCUT2D eigenvalue weighted by Crippen LogP contribution is -2.01. The minimum absolute atomic E-state index is 0.167. The maximum absolute atomic E-state index is 11.3. The predicted molar refractivity (Wildman–Crippen MR) is 60.4 cm³/mol. The lowest BCUT2D eigenvalue weighted by molar-refractivity contribution is -0.110. The standard InChI is InChI=1S/C14H14O/c1-14(2)7-11-3-9-5-13(15)6-10(9)4-12(11)8-14/h5-8H,3-4H2,1-2H3. The van der Waals surface area contributed by atoms with Crippen molar-refractivity contribution in [3.8, 4) is 0 Å². The molecule has 15 heavy (non-hydrogen) atoms. The first kappa shape index (κ1) is 8.90. The molecule has 0 bridgehead atoms. The van der Waals surface area contributed by atoms with Crippen LogP contribution in [-0.4, -0.2) is 5.78 Å². The van der Waals surface area contributed by atoms with E-state index < -0.39 is 0 Å². The first-order valence-corrected chi connectivity index (χ1v) is 5.43. The van der Waals surface area contributed by atoms with Gasteiger partial charge < -0.3 is 0 Å². The summed E-state index contributed by atoms with van der Waals surface area (Å²) >= 11 is 0. The number of allylic oxidation sites excluding steroid dienone is 8. The summed E-state index contributed by atoms with van der Waals surface area (Å²) in [5.74, 6) is 0.167. The zero-order valence-corrected chi connectivity index (χ0v) is 9.13. The summed E-state index contributed by atoms with van der Waals surface area (Å²) in [5, 5.41) is 0. The van der Waals surface area contributed by atoms with Crippen LogP contribution in [0.2, 0.25) is 0 Å². The molecule has 3 rings (SSSR count). The van der Waals surface area contributed by atoms with Gasteiger partial charge in [-0.25, -0.2) is 0 Å². The van der Waals surface area contributed by atoms with Crippen LogP contribution in [0.15, 0.2) is 46.6 Å². The van der Waals surface area contributed by atoms with Crippen LogP contribution in [0.5, 0.6) is 0 Å². The fourth-order valence-electron chi connectivity index (χ4n) is 2.76. The van der Waals surface area contributed by atoms with Gasteiger partial charge in [-0.1, -0.05) is 26.0 Å². The van der Waals surface area contributed by atoms with Gasteiger partial charge in [0, 0.05) is 5.41 Å². The highest BCUT2D eigenvalue weighted by molar-refractivity contribution is 6.05. The predicted octanol–water partition coefficient (Wildman–Crippen LogP) is 3.11. The Hall–Kier alpha value is -1.37. The number of ketones is 1. The maximum Gasteiger partial charge on any atom is 0.179 e. The highest BCUT2D eigenvalue weighted by Crippen LogP contribution is 2.45. The number of hydrogen-bond donors (Lipinski definition) is 0. The minimum Gasteiger partial charge on any atom is -0.290 e. The highest BCUT2D eigenvalue weighted by atomic mass is 16.1. The van der Waals surface area contributed by atoms with Gasteiger partial charge in [0.2, 0.25) is 0 Å². The van der Waals surface area contributed by atoms with E-state index in [9.17, 15) is 4.79 Å². The molecule has 0 amide bonds. The molecule has 0 N–H and O–H groups in total. The molecule has 1 fully saturated rings. The number of hydrogen-bond acceptors (Lipinski definition) is 1. The smallest absolute Gasteiger partial charge is 0.179 e. The van der Waals surface area contributed by atoms with Crippen molar-refractivity contribution in [1.82, 2.24) is 0 Å². The average Bonchev–Trinajstić information content (AvgIpc) is 2.55. The molecule has 0 aromatic rings. The summed E-state index contributed by atoms with van der Waals surface area (Å²) in [5.41, 5.74) is 5.53. The maximum atomic E-state index is 11.3. The van der Waals surface area contributed by atoms with E-state index in [4.69, 9.17) is 0 Å². The Balaban J connectivity index is 2.04. The molecule has 1 heteroatoms. The molecule has 1 saturated carbocycles. The second kappa shape index (κ2) is 2.60. The molecule has 0 aromatic carbocycles. The van der Waals surface area contributed by atoms with Crippen molar-refractivity contribution in [2.75, 3.05) is 0 Å². The molecule has 0 saturated heterocycles. The Kier molecular flexibility index (Phi) is 1.54. The molecule has 0 aliphatic heterocycles. The van der Waals surface area contributed by atoms with E-state index in [1.807, 2.05) is 0 Å². The third kappa shape index (κ3) is 1.34. The summed E-state index contributed by atoms with van der Waals surface area (Å²) in [6, 6.07) is 0. The Bertz CT molecular complexity index is 439. The summed E-state index contributed by atoms with van der Waals surface area (Å²) in [6.45, 7) is 4.46. The molecule has 76 valence electrons. The molecule has 0 atom stereocenters. The normalized spacial score (nSPS) is 26.4. The SMILES string of the molecule is CC1(C)C=C2CC3=CC(=O)C=C3CC2=C1. The number of carbonyl (C=O) groups excluding carboxylic acids is 1. The van der Waals surface area contributed by atoms with Gasteiger partial charge >= 0.3 is 0 Å². The van der Waals surface area contributed by atoms with Crippen LogP contribution in [0.1, 0.15) is 26.7 Å². The van der Waals surface area contributed by atoms with E-state index in [2.05, 4.69) is 26.0 Å². The van der Waals surface area contributed by atoms with Crippen LogP contribution in [0, 0.1) is 5.41 Å². The van der Waals surface area contributed by atoms with Crippen molar-refractivity contribution in [2.24, 2.45) is 5.41 Å². The summed E-state index contributed by atoms with van der Waals surface area (Å²) in [4.78, 5) is 11.3. The summed E-state index contributed by atoms with van der Waals surface area (Å²) in [7, 11) is 0. The van der Waals surface area contributed by atoms with Gasteiger partial charge in [0.05, 0.1) is 0 Å². The molecular formula is C14H14O. The average molecular weight is 198 g/mol. The number of carbonyl (C=O) groups is 1. The number of rotatable bonds is 0.